The molecular formula is C20H22ClN5O3S. The van der Waals surface area contributed by atoms with Crippen LogP contribution < -0.4 is 15.8 Å². The van der Waals surface area contributed by atoms with Gasteiger partial charge in [-0.15, -0.1) is 0 Å². The quantitative estimate of drug-likeness (QED) is 0.487. The first-order chi connectivity index (χ1) is 14.2. The minimum absolute atomic E-state index is 0.0283. The van der Waals surface area contributed by atoms with Crippen LogP contribution in [0, 0.1) is 5.92 Å². The maximum absolute atomic E-state index is 12.6. The molecule has 1 aromatic heterocycles. The highest BCUT2D eigenvalue weighted by atomic mass is 35.5. The number of para-hydroxylation sites is 1. The molecule has 158 valence electrons. The van der Waals surface area contributed by atoms with E-state index in [-0.39, 0.29) is 28.2 Å². The van der Waals surface area contributed by atoms with E-state index < -0.39 is 22.0 Å². The number of nitrogens with zero attached hydrogens (tertiary/aromatic N) is 2. The van der Waals surface area contributed by atoms with Gasteiger partial charge in [0.25, 0.3) is 0 Å². The predicted molar refractivity (Wildman–Crippen MR) is 116 cm³/mol. The van der Waals surface area contributed by atoms with Crippen LogP contribution in [0.1, 0.15) is 19.7 Å². The van der Waals surface area contributed by atoms with Crippen molar-refractivity contribution in [3.05, 3.63) is 59.4 Å². The summed E-state index contributed by atoms with van der Waals surface area (Å²) in [5.41, 5.74) is 6.12. The van der Waals surface area contributed by atoms with E-state index in [1.807, 2.05) is 32.0 Å². The number of hydrogen-bond donors (Lipinski definition) is 3. The van der Waals surface area contributed by atoms with Crippen molar-refractivity contribution >= 4 is 44.3 Å². The number of primary amides is 1. The van der Waals surface area contributed by atoms with Gasteiger partial charge >= 0.3 is 0 Å². The minimum atomic E-state index is -3.86. The second-order valence-electron chi connectivity index (χ2n) is 7.03. The van der Waals surface area contributed by atoms with E-state index >= 15 is 0 Å². The summed E-state index contributed by atoms with van der Waals surface area (Å²) in [5, 5.41) is 3.89. The van der Waals surface area contributed by atoms with Crippen molar-refractivity contribution in [2.45, 2.75) is 31.3 Å². The molecule has 10 heteroatoms. The fourth-order valence-electron chi connectivity index (χ4n) is 2.93. The Morgan fingerprint density at radius 2 is 1.77 bits per heavy atom. The van der Waals surface area contributed by atoms with Gasteiger partial charge in [0.1, 0.15) is 22.6 Å². The summed E-state index contributed by atoms with van der Waals surface area (Å²) in [5.74, 6) is 0.0657. The number of halogens is 1. The third kappa shape index (κ3) is 4.86. The molecule has 3 rings (SSSR count). The van der Waals surface area contributed by atoms with Crippen molar-refractivity contribution in [1.82, 2.24) is 14.7 Å². The van der Waals surface area contributed by atoms with E-state index in [0.29, 0.717) is 16.7 Å². The van der Waals surface area contributed by atoms with Crippen molar-refractivity contribution in [3.8, 4) is 0 Å². The summed E-state index contributed by atoms with van der Waals surface area (Å²) in [6.07, 6.45) is 0. The Labute approximate surface area is 179 Å². The van der Waals surface area contributed by atoms with Crippen LogP contribution in [0.3, 0.4) is 0 Å². The normalized spacial score (nSPS) is 12.8. The molecule has 0 aliphatic rings. The molecule has 8 nitrogen and oxygen atoms in total. The van der Waals surface area contributed by atoms with Crippen molar-refractivity contribution in [2.75, 3.05) is 5.32 Å². The van der Waals surface area contributed by atoms with Gasteiger partial charge in [0, 0.05) is 5.39 Å². The third-order valence-electron chi connectivity index (χ3n) is 4.46. The molecule has 4 N–H and O–H groups in total. The first-order valence-corrected chi connectivity index (χ1v) is 11.1. The van der Waals surface area contributed by atoms with E-state index in [4.69, 9.17) is 17.3 Å². The number of benzene rings is 2. The number of hydrogen-bond acceptors (Lipinski definition) is 6. The highest BCUT2D eigenvalue weighted by molar-refractivity contribution is 7.89. The smallest absolute Gasteiger partial charge is 0.242 e. The maximum atomic E-state index is 12.6. The molecule has 0 saturated carbocycles. The largest absolute Gasteiger partial charge is 0.368 e. The number of nitrogens with two attached hydrogens (primary N) is 1. The van der Waals surface area contributed by atoms with Crippen LogP contribution in [0.2, 0.25) is 5.02 Å². The Hall–Kier alpha value is -2.75. The summed E-state index contributed by atoms with van der Waals surface area (Å²) >= 11 is 6.01. The van der Waals surface area contributed by atoms with Crippen molar-refractivity contribution in [2.24, 2.45) is 11.7 Å². The molecule has 0 fully saturated rings. The second-order valence-corrected chi connectivity index (χ2v) is 9.17. The van der Waals surface area contributed by atoms with E-state index in [2.05, 4.69) is 20.0 Å². The van der Waals surface area contributed by atoms with E-state index in [0.717, 1.165) is 0 Å². The van der Waals surface area contributed by atoms with Gasteiger partial charge in [0.15, 0.2) is 0 Å². The van der Waals surface area contributed by atoms with E-state index in [9.17, 15) is 13.2 Å². The third-order valence-corrected chi connectivity index (χ3v) is 6.36. The van der Waals surface area contributed by atoms with Crippen LogP contribution in [0.25, 0.3) is 10.9 Å². The monoisotopic (exact) mass is 447 g/mol. The Bertz CT molecular complexity index is 1180. The molecule has 1 atom stereocenters. The Morgan fingerprint density at radius 1 is 1.10 bits per heavy atom. The number of amides is 1. The summed E-state index contributed by atoms with van der Waals surface area (Å²) in [6, 6.07) is 12.7. The van der Waals surface area contributed by atoms with Gasteiger partial charge in [-0.25, -0.2) is 23.1 Å². The first kappa shape index (κ1) is 21.9. The Morgan fingerprint density at radius 3 is 2.43 bits per heavy atom. The maximum Gasteiger partial charge on any atom is 0.242 e. The van der Waals surface area contributed by atoms with Crippen molar-refractivity contribution in [1.29, 1.82) is 0 Å². The first-order valence-electron chi connectivity index (χ1n) is 9.24. The molecule has 0 aliphatic heterocycles. The van der Waals surface area contributed by atoms with Gasteiger partial charge in [0.2, 0.25) is 15.9 Å². The number of anilines is 1. The molecule has 0 bridgehead atoms. The summed E-state index contributed by atoms with van der Waals surface area (Å²) in [6.45, 7) is 3.57. The number of fused-ring (bicyclic) bond motifs is 1. The summed E-state index contributed by atoms with van der Waals surface area (Å²) in [7, 11) is -3.86. The van der Waals surface area contributed by atoms with Crippen LogP contribution >= 0.6 is 11.6 Å². The van der Waals surface area contributed by atoms with Crippen LogP contribution in [-0.2, 0) is 21.4 Å². The zero-order valence-electron chi connectivity index (χ0n) is 16.5. The molecule has 3 aromatic rings. The lowest BCUT2D eigenvalue weighted by molar-refractivity contribution is -0.119. The summed E-state index contributed by atoms with van der Waals surface area (Å²) in [4.78, 5) is 20.7. The van der Waals surface area contributed by atoms with Gasteiger partial charge in [-0.05, 0) is 30.2 Å². The topological polar surface area (TPSA) is 127 Å². The molecule has 1 amide bonds. The van der Waals surface area contributed by atoms with Gasteiger partial charge in [-0.3, -0.25) is 4.79 Å². The average molecular weight is 448 g/mol. The van der Waals surface area contributed by atoms with Gasteiger partial charge < -0.3 is 11.1 Å². The van der Waals surface area contributed by atoms with Crippen LogP contribution in [0.5, 0.6) is 0 Å². The lowest BCUT2D eigenvalue weighted by Gasteiger charge is -2.21. The lowest BCUT2D eigenvalue weighted by atomic mass is 10.0. The predicted octanol–water partition coefficient (Wildman–Crippen LogP) is 2.68. The van der Waals surface area contributed by atoms with Crippen LogP contribution in [-0.4, -0.2) is 30.3 Å². The standard InChI is InChI=1S/C20H22ClN5O3S/c1-12(2)18(19(22)27)26-20-13-7-3-5-9-15(13)24-17(25-20)11-23-30(28,29)16-10-6-4-8-14(16)21/h3-10,12,18,23H,11H2,1-2H3,(H2,22,27)(H,24,25,26)/t18-/m0/s1. The molecule has 0 unspecified atom stereocenters. The average Bonchev–Trinajstić information content (AvgIpc) is 2.70. The van der Waals surface area contributed by atoms with E-state index in [1.165, 1.54) is 12.1 Å². The number of carbonyl (C=O) groups is 1. The van der Waals surface area contributed by atoms with Gasteiger partial charge in [-0.2, -0.15) is 0 Å². The molecule has 0 saturated heterocycles. The summed E-state index contributed by atoms with van der Waals surface area (Å²) < 4.78 is 27.7. The Kier molecular flexibility index (Phi) is 6.55. The molecular weight excluding hydrogens is 426 g/mol. The number of carbonyl (C=O) groups excluding carboxylic acids is 1. The van der Waals surface area contributed by atoms with Gasteiger partial charge in [-0.1, -0.05) is 49.7 Å². The minimum Gasteiger partial charge on any atom is -0.368 e. The Balaban J connectivity index is 1.93. The lowest BCUT2D eigenvalue weighted by Crippen LogP contribution is -2.40. The van der Waals surface area contributed by atoms with Crippen molar-refractivity contribution < 1.29 is 13.2 Å². The highest BCUT2D eigenvalue weighted by Crippen LogP contribution is 2.23. The number of sulfonamides is 1. The fourth-order valence-corrected chi connectivity index (χ4v) is 4.42. The second kappa shape index (κ2) is 8.95. The number of rotatable bonds is 8. The molecule has 2 aromatic carbocycles. The SMILES string of the molecule is CC(C)[C@H](Nc1nc(CNS(=O)(=O)c2ccccc2Cl)nc2ccccc12)C(N)=O. The molecule has 0 spiro atoms. The zero-order chi connectivity index (χ0) is 21.9. The fraction of sp³-hybridized carbons (Fsp3) is 0.250. The highest BCUT2D eigenvalue weighted by Gasteiger charge is 2.22. The number of aromatic nitrogens is 2. The molecule has 0 radical (unpaired) electrons. The van der Waals surface area contributed by atoms with Crippen LogP contribution in [0.4, 0.5) is 5.82 Å². The molecule has 1 heterocycles. The molecule has 30 heavy (non-hydrogen) atoms. The van der Waals surface area contributed by atoms with E-state index in [1.54, 1.807) is 18.2 Å². The zero-order valence-corrected chi connectivity index (χ0v) is 18.0. The number of nitrogens with one attached hydrogen (secondary N) is 2. The van der Waals surface area contributed by atoms with Crippen LogP contribution in [0.15, 0.2) is 53.4 Å². The van der Waals surface area contributed by atoms with Gasteiger partial charge in [0.05, 0.1) is 17.1 Å². The van der Waals surface area contributed by atoms with Crippen molar-refractivity contribution in [3.63, 3.8) is 0 Å². The molecule has 0 aliphatic carbocycles.